The SMILES string of the molecule is CCCCC[CH2][Sn]([CH]1CCCC1)([CH]1CCCC1)[CH]1CCCC1. The summed E-state index contributed by atoms with van der Waals surface area (Å²) in [6.45, 7) is 2.38. The molecule has 3 fully saturated rings. The average molecular weight is 411 g/mol. The fourth-order valence-electron chi connectivity index (χ4n) is 6.86. The van der Waals surface area contributed by atoms with Crippen LogP contribution in [0, 0.1) is 0 Å². The van der Waals surface area contributed by atoms with E-state index in [0.29, 0.717) is 0 Å². The van der Waals surface area contributed by atoms with Crippen molar-refractivity contribution >= 4 is 18.4 Å². The van der Waals surface area contributed by atoms with Crippen LogP contribution >= 0.6 is 0 Å². The van der Waals surface area contributed by atoms with Gasteiger partial charge in [0.25, 0.3) is 0 Å². The summed E-state index contributed by atoms with van der Waals surface area (Å²) in [5.41, 5.74) is 0. The summed E-state index contributed by atoms with van der Waals surface area (Å²) < 4.78 is 5.78. The molecule has 0 bridgehead atoms. The molecule has 0 nitrogen and oxygen atoms in total. The van der Waals surface area contributed by atoms with Crippen LogP contribution in [0.5, 0.6) is 0 Å². The van der Waals surface area contributed by atoms with Crippen molar-refractivity contribution in [2.45, 2.75) is 126 Å². The van der Waals surface area contributed by atoms with Gasteiger partial charge in [-0.3, -0.25) is 0 Å². The fraction of sp³-hybridized carbons (Fsp3) is 1.00. The van der Waals surface area contributed by atoms with Crippen LogP contribution in [0.4, 0.5) is 0 Å². The first kappa shape index (κ1) is 17.6. The summed E-state index contributed by atoms with van der Waals surface area (Å²) in [5.74, 6) is 0. The summed E-state index contributed by atoms with van der Waals surface area (Å²) in [6.07, 6.45) is 25.7. The third kappa shape index (κ3) is 3.72. The third-order valence-electron chi connectivity index (χ3n) is 7.81. The minimum atomic E-state index is -1.99. The van der Waals surface area contributed by atoms with Gasteiger partial charge in [0.15, 0.2) is 0 Å². The van der Waals surface area contributed by atoms with Crippen LogP contribution in [0.1, 0.15) is 110 Å². The van der Waals surface area contributed by atoms with Gasteiger partial charge >= 0.3 is 144 Å². The summed E-state index contributed by atoms with van der Waals surface area (Å²) in [7, 11) is 0. The molecule has 0 N–H and O–H groups in total. The van der Waals surface area contributed by atoms with E-state index in [-0.39, 0.29) is 0 Å². The van der Waals surface area contributed by atoms with Gasteiger partial charge in [-0.1, -0.05) is 0 Å². The summed E-state index contributed by atoms with van der Waals surface area (Å²) >= 11 is -1.99. The van der Waals surface area contributed by atoms with Crippen LogP contribution in [0.25, 0.3) is 0 Å². The summed E-state index contributed by atoms with van der Waals surface area (Å²) in [6, 6.07) is 0. The van der Waals surface area contributed by atoms with Crippen LogP contribution in [-0.2, 0) is 0 Å². The maximum absolute atomic E-state index is 2.38. The van der Waals surface area contributed by atoms with Crippen molar-refractivity contribution in [2.24, 2.45) is 0 Å². The molecule has 0 radical (unpaired) electrons. The number of hydrogen-bond acceptors (Lipinski definition) is 0. The Morgan fingerprint density at radius 2 is 1.00 bits per heavy atom. The second kappa shape index (κ2) is 8.77. The molecular weight excluding hydrogens is 371 g/mol. The predicted octanol–water partition coefficient (Wildman–Crippen LogP) is 7.85. The van der Waals surface area contributed by atoms with Gasteiger partial charge in [-0.05, 0) is 0 Å². The zero-order valence-electron chi connectivity index (χ0n) is 15.3. The van der Waals surface area contributed by atoms with Crippen molar-refractivity contribution < 1.29 is 0 Å². The maximum atomic E-state index is 2.38. The van der Waals surface area contributed by atoms with Gasteiger partial charge in [0, 0.05) is 0 Å². The molecule has 0 unspecified atom stereocenters. The summed E-state index contributed by atoms with van der Waals surface area (Å²) in [4.78, 5) is 0. The van der Waals surface area contributed by atoms with Crippen LogP contribution in [0.15, 0.2) is 0 Å². The van der Waals surface area contributed by atoms with Gasteiger partial charge in [0.2, 0.25) is 0 Å². The van der Waals surface area contributed by atoms with Crippen molar-refractivity contribution in [1.29, 1.82) is 0 Å². The molecule has 1 heteroatoms. The summed E-state index contributed by atoms with van der Waals surface area (Å²) in [5, 5.41) is 0. The van der Waals surface area contributed by atoms with E-state index in [1.807, 2.05) is 4.44 Å². The molecule has 0 aromatic carbocycles. The number of rotatable bonds is 8. The van der Waals surface area contributed by atoms with Crippen LogP contribution in [0.3, 0.4) is 0 Å². The molecule has 0 aromatic heterocycles. The molecule has 0 spiro atoms. The minimum absolute atomic E-state index is 1.32. The van der Waals surface area contributed by atoms with Crippen molar-refractivity contribution in [3.8, 4) is 0 Å². The van der Waals surface area contributed by atoms with E-state index in [9.17, 15) is 0 Å². The van der Waals surface area contributed by atoms with Gasteiger partial charge < -0.3 is 0 Å². The Kier molecular flexibility index (Phi) is 7.02. The molecule has 0 amide bonds. The zero-order chi connectivity index (χ0) is 15.3. The molecule has 22 heavy (non-hydrogen) atoms. The first-order chi connectivity index (χ1) is 10.9. The molecular formula is C21H40Sn. The Labute approximate surface area is 144 Å². The van der Waals surface area contributed by atoms with E-state index in [1.54, 1.807) is 89.9 Å². The quantitative estimate of drug-likeness (QED) is 0.282. The molecule has 3 rings (SSSR count). The first-order valence-corrected chi connectivity index (χ1v) is 17.8. The van der Waals surface area contributed by atoms with Crippen LogP contribution in [0.2, 0.25) is 16.2 Å². The van der Waals surface area contributed by atoms with Crippen LogP contribution < -0.4 is 0 Å². The first-order valence-electron chi connectivity index (χ1n) is 10.9. The number of hydrogen-bond donors (Lipinski definition) is 0. The van der Waals surface area contributed by atoms with Crippen molar-refractivity contribution in [1.82, 2.24) is 0 Å². The normalized spacial score (nSPS) is 25.5. The van der Waals surface area contributed by atoms with Gasteiger partial charge in [0.05, 0.1) is 0 Å². The second-order valence-electron chi connectivity index (χ2n) is 8.87. The Bertz CT molecular complexity index is 265. The van der Waals surface area contributed by atoms with E-state index in [4.69, 9.17) is 0 Å². The fourth-order valence-corrected chi connectivity index (χ4v) is 31.2. The Morgan fingerprint density at radius 1 is 0.591 bits per heavy atom. The van der Waals surface area contributed by atoms with E-state index >= 15 is 0 Å². The van der Waals surface area contributed by atoms with Crippen LogP contribution in [-0.4, -0.2) is 18.4 Å². The molecule has 0 saturated heterocycles. The van der Waals surface area contributed by atoms with Crippen molar-refractivity contribution in [2.75, 3.05) is 0 Å². The van der Waals surface area contributed by atoms with Gasteiger partial charge in [-0.15, -0.1) is 0 Å². The van der Waals surface area contributed by atoms with Gasteiger partial charge in [-0.25, -0.2) is 0 Å². The van der Waals surface area contributed by atoms with E-state index in [2.05, 4.69) is 6.92 Å². The topological polar surface area (TPSA) is 0 Å². The molecule has 0 atom stereocenters. The van der Waals surface area contributed by atoms with Gasteiger partial charge in [-0.2, -0.15) is 0 Å². The molecule has 3 saturated carbocycles. The molecule has 0 aromatic rings. The average Bonchev–Trinajstić information content (AvgIpc) is 3.29. The molecule has 0 heterocycles. The standard InChI is InChI=1S/C6H13.3C5H9.Sn/c1-3-5-6-4-2;3*1-2-4-5-3-1;/h1,3-6H2,2H3;3*1H,2-5H2;. The second-order valence-corrected chi connectivity index (χ2v) is 23.6. The molecule has 0 aliphatic heterocycles. The van der Waals surface area contributed by atoms with Gasteiger partial charge in [0.1, 0.15) is 0 Å². The van der Waals surface area contributed by atoms with Crippen molar-refractivity contribution in [3.05, 3.63) is 0 Å². The predicted molar refractivity (Wildman–Crippen MR) is 101 cm³/mol. The van der Waals surface area contributed by atoms with E-state index in [1.165, 1.54) is 24.6 Å². The molecule has 3 aliphatic rings. The monoisotopic (exact) mass is 412 g/mol. The molecule has 3 aliphatic carbocycles. The third-order valence-corrected chi connectivity index (χ3v) is 29.2. The zero-order valence-corrected chi connectivity index (χ0v) is 18.1. The van der Waals surface area contributed by atoms with Crippen molar-refractivity contribution in [3.63, 3.8) is 0 Å². The molecule has 128 valence electrons. The number of unbranched alkanes of at least 4 members (excludes halogenated alkanes) is 3. The van der Waals surface area contributed by atoms with E-state index in [0.717, 1.165) is 0 Å². The Hall–Kier alpha value is 0.799. The Morgan fingerprint density at radius 3 is 1.36 bits per heavy atom. The van der Waals surface area contributed by atoms with E-state index < -0.39 is 18.4 Å². The Balaban J connectivity index is 1.78.